The molecule has 1 fully saturated rings. The van der Waals surface area contributed by atoms with E-state index in [1.807, 2.05) is 0 Å². The Labute approximate surface area is 106 Å². The molecule has 0 amide bonds. The van der Waals surface area contributed by atoms with Gasteiger partial charge < -0.3 is 4.74 Å². The van der Waals surface area contributed by atoms with Crippen molar-refractivity contribution in [2.24, 2.45) is 11.3 Å². The topological polar surface area (TPSA) is 26.3 Å². The maximum absolute atomic E-state index is 12.5. The van der Waals surface area contributed by atoms with Crippen molar-refractivity contribution in [2.45, 2.75) is 65.2 Å². The highest BCUT2D eigenvalue weighted by Crippen LogP contribution is 2.43. The summed E-state index contributed by atoms with van der Waals surface area (Å²) in [6, 6.07) is 0. The van der Waals surface area contributed by atoms with Crippen molar-refractivity contribution in [1.29, 1.82) is 0 Å². The molecule has 0 saturated heterocycles. The van der Waals surface area contributed by atoms with Crippen LogP contribution in [0.2, 0.25) is 0 Å². The van der Waals surface area contributed by atoms with Crippen molar-refractivity contribution in [3.63, 3.8) is 0 Å². The van der Waals surface area contributed by atoms with Crippen LogP contribution in [0.4, 0.5) is 0 Å². The predicted molar refractivity (Wildman–Crippen MR) is 71.1 cm³/mol. The molecular weight excluding hydrogens is 212 g/mol. The van der Waals surface area contributed by atoms with Crippen LogP contribution < -0.4 is 0 Å². The van der Waals surface area contributed by atoms with Gasteiger partial charge in [0.05, 0.1) is 12.0 Å². The molecule has 0 aromatic heterocycles. The van der Waals surface area contributed by atoms with Crippen molar-refractivity contribution in [3.05, 3.63) is 0 Å². The van der Waals surface area contributed by atoms with E-state index in [1.54, 1.807) is 7.11 Å². The monoisotopic (exact) mass is 240 g/mol. The van der Waals surface area contributed by atoms with Gasteiger partial charge in [0.1, 0.15) is 5.78 Å². The number of carbonyl (C=O) groups is 1. The number of ether oxygens (including phenoxy) is 1. The van der Waals surface area contributed by atoms with E-state index in [-0.39, 0.29) is 5.41 Å². The van der Waals surface area contributed by atoms with E-state index in [9.17, 15) is 4.79 Å². The number of hydrogen-bond donors (Lipinski definition) is 0. The molecule has 100 valence electrons. The lowest BCUT2D eigenvalue weighted by atomic mass is 9.64. The Morgan fingerprint density at radius 2 is 2.12 bits per heavy atom. The Balaban J connectivity index is 2.65. The van der Waals surface area contributed by atoms with Gasteiger partial charge in [0.2, 0.25) is 0 Å². The van der Waals surface area contributed by atoms with E-state index in [4.69, 9.17) is 4.74 Å². The highest BCUT2D eigenvalue weighted by molar-refractivity contribution is 5.85. The van der Waals surface area contributed by atoms with Gasteiger partial charge in [0, 0.05) is 13.5 Å². The summed E-state index contributed by atoms with van der Waals surface area (Å²) in [6.07, 6.45) is 8.83. The quantitative estimate of drug-likeness (QED) is 0.629. The molecular formula is C15H28O2. The fourth-order valence-electron chi connectivity index (χ4n) is 3.16. The first-order chi connectivity index (χ1) is 8.17. The molecule has 1 saturated carbocycles. The Morgan fingerprint density at radius 3 is 2.71 bits per heavy atom. The zero-order valence-electron chi connectivity index (χ0n) is 11.8. The minimum atomic E-state index is -0.166. The minimum absolute atomic E-state index is 0.166. The van der Waals surface area contributed by atoms with Crippen LogP contribution in [0.15, 0.2) is 0 Å². The van der Waals surface area contributed by atoms with Crippen molar-refractivity contribution in [2.75, 3.05) is 13.7 Å². The molecule has 0 aliphatic heterocycles. The second-order valence-corrected chi connectivity index (χ2v) is 5.62. The normalized spacial score (nSPS) is 29.2. The van der Waals surface area contributed by atoms with Crippen LogP contribution in [-0.2, 0) is 9.53 Å². The lowest BCUT2D eigenvalue weighted by Crippen LogP contribution is -2.43. The summed E-state index contributed by atoms with van der Waals surface area (Å²) >= 11 is 0. The van der Waals surface area contributed by atoms with Gasteiger partial charge in [-0.2, -0.15) is 0 Å². The zero-order chi connectivity index (χ0) is 12.7. The smallest absolute Gasteiger partial charge is 0.141 e. The van der Waals surface area contributed by atoms with E-state index < -0.39 is 0 Å². The second kappa shape index (κ2) is 7.15. The van der Waals surface area contributed by atoms with E-state index in [0.717, 1.165) is 19.3 Å². The SMILES string of the molecule is CCCCCC(=O)[C@]1(COC)CCCCC1C. The van der Waals surface area contributed by atoms with Crippen LogP contribution in [0.25, 0.3) is 0 Å². The van der Waals surface area contributed by atoms with Crippen LogP contribution >= 0.6 is 0 Å². The lowest BCUT2D eigenvalue weighted by molar-refractivity contribution is -0.138. The standard InChI is InChI=1S/C15H28O2/c1-4-5-6-10-14(16)15(12-17-3)11-8-7-9-13(15)2/h13H,4-12H2,1-3H3/t13?,15-/m0/s1. The Hall–Kier alpha value is -0.370. The third kappa shape index (κ3) is 3.54. The highest BCUT2D eigenvalue weighted by Gasteiger charge is 2.43. The van der Waals surface area contributed by atoms with Crippen molar-refractivity contribution < 1.29 is 9.53 Å². The molecule has 2 heteroatoms. The first kappa shape index (κ1) is 14.7. The molecule has 0 radical (unpaired) electrons. The molecule has 0 heterocycles. The molecule has 0 spiro atoms. The summed E-state index contributed by atoms with van der Waals surface area (Å²) in [5, 5.41) is 0. The number of hydrogen-bond acceptors (Lipinski definition) is 2. The molecule has 1 aliphatic rings. The maximum Gasteiger partial charge on any atom is 0.141 e. The predicted octanol–water partition coefficient (Wildman–Crippen LogP) is 3.98. The van der Waals surface area contributed by atoms with Gasteiger partial charge in [-0.25, -0.2) is 0 Å². The van der Waals surface area contributed by atoms with Crippen LogP contribution in [0.5, 0.6) is 0 Å². The molecule has 17 heavy (non-hydrogen) atoms. The molecule has 1 unspecified atom stereocenters. The highest BCUT2D eigenvalue weighted by atomic mass is 16.5. The maximum atomic E-state index is 12.5. The minimum Gasteiger partial charge on any atom is -0.384 e. The molecule has 1 aliphatic carbocycles. The van der Waals surface area contributed by atoms with Gasteiger partial charge in [0.15, 0.2) is 0 Å². The fraction of sp³-hybridized carbons (Fsp3) is 0.933. The third-order valence-corrected chi connectivity index (χ3v) is 4.42. The van der Waals surface area contributed by atoms with Gasteiger partial charge in [-0.1, -0.05) is 39.5 Å². The van der Waals surface area contributed by atoms with Crippen LogP contribution in [-0.4, -0.2) is 19.5 Å². The molecule has 0 aromatic carbocycles. The first-order valence-corrected chi connectivity index (χ1v) is 7.19. The number of methoxy groups -OCH3 is 1. The lowest BCUT2D eigenvalue weighted by Gasteiger charge is -2.41. The van der Waals surface area contributed by atoms with Crippen molar-refractivity contribution >= 4 is 5.78 Å². The molecule has 1 rings (SSSR count). The number of rotatable bonds is 7. The van der Waals surface area contributed by atoms with Crippen LogP contribution in [0.3, 0.4) is 0 Å². The molecule has 0 bridgehead atoms. The summed E-state index contributed by atoms with van der Waals surface area (Å²) in [6.45, 7) is 5.04. The largest absolute Gasteiger partial charge is 0.384 e. The number of unbranched alkanes of at least 4 members (excludes halogenated alkanes) is 2. The molecule has 2 nitrogen and oxygen atoms in total. The average molecular weight is 240 g/mol. The van der Waals surface area contributed by atoms with Crippen molar-refractivity contribution in [1.82, 2.24) is 0 Å². The van der Waals surface area contributed by atoms with Crippen LogP contribution in [0.1, 0.15) is 65.2 Å². The van der Waals surface area contributed by atoms with Gasteiger partial charge in [-0.05, 0) is 25.2 Å². The summed E-state index contributed by atoms with van der Waals surface area (Å²) < 4.78 is 5.36. The summed E-state index contributed by atoms with van der Waals surface area (Å²) in [5.41, 5.74) is -0.166. The zero-order valence-corrected chi connectivity index (χ0v) is 11.8. The number of ketones is 1. The van der Waals surface area contributed by atoms with Gasteiger partial charge in [0.25, 0.3) is 0 Å². The Kier molecular flexibility index (Phi) is 6.18. The first-order valence-electron chi connectivity index (χ1n) is 7.19. The third-order valence-electron chi connectivity index (χ3n) is 4.42. The van der Waals surface area contributed by atoms with E-state index in [1.165, 1.54) is 32.1 Å². The number of Topliss-reactive ketones (excluding diaryl/α,β-unsaturated/α-hetero) is 1. The molecule has 2 atom stereocenters. The summed E-state index contributed by atoms with van der Waals surface area (Å²) in [5.74, 6) is 0.949. The summed E-state index contributed by atoms with van der Waals surface area (Å²) in [7, 11) is 1.72. The Morgan fingerprint density at radius 1 is 1.35 bits per heavy atom. The van der Waals surface area contributed by atoms with Crippen molar-refractivity contribution in [3.8, 4) is 0 Å². The average Bonchev–Trinajstić information content (AvgIpc) is 2.32. The van der Waals surface area contributed by atoms with Gasteiger partial charge in [-0.3, -0.25) is 4.79 Å². The van der Waals surface area contributed by atoms with E-state index >= 15 is 0 Å². The second-order valence-electron chi connectivity index (χ2n) is 5.62. The van der Waals surface area contributed by atoms with Crippen LogP contribution in [0, 0.1) is 11.3 Å². The van der Waals surface area contributed by atoms with Gasteiger partial charge >= 0.3 is 0 Å². The fourth-order valence-corrected chi connectivity index (χ4v) is 3.16. The van der Waals surface area contributed by atoms with Gasteiger partial charge in [-0.15, -0.1) is 0 Å². The number of carbonyl (C=O) groups excluding carboxylic acids is 1. The Bertz CT molecular complexity index is 233. The van der Waals surface area contributed by atoms with E-state index in [0.29, 0.717) is 18.3 Å². The molecule has 0 N–H and O–H groups in total. The summed E-state index contributed by atoms with van der Waals surface area (Å²) in [4.78, 5) is 12.5. The molecule has 0 aromatic rings. The van der Waals surface area contributed by atoms with E-state index in [2.05, 4.69) is 13.8 Å².